The van der Waals surface area contributed by atoms with Crippen LogP contribution in [0.1, 0.15) is 6.92 Å². The van der Waals surface area contributed by atoms with Crippen molar-refractivity contribution in [1.82, 2.24) is 0 Å². The quantitative estimate of drug-likeness (QED) is 0.654. The van der Waals surface area contributed by atoms with E-state index in [-0.39, 0.29) is 17.3 Å². The van der Waals surface area contributed by atoms with Gasteiger partial charge < -0.3 is 5.32 Å². The van der Waals surface area contributed by atoms with Gasteiger partial charge in [-0.25, -0.2) is 0 Å². The Balaban J connectivity index is 3.15. The number of carbonyl (C=O) groups excluding carboxylic acids is 1. The van der Waals surface area contributed by atoms with E-state index in [1.807, 2.05) is 0 Å². The van der Waals surface area contributed by atoms with Gasteiger partial charge in [0.2, 0.25) is 5.91 Å². The Morgan fingerprint density at radius 1 is 1.57 bits per heavy atom. The normalized spacial score (nSPS) is 9.57. The fraction of sp³-hybridized carbons (Fsp3) is 0.125. The molecule has 0 aliphatic carbocycles. The zero-order valence-electron chi connectivity index (χ0n) is 7.28. The number of rotatable bonds is 2. The lowest BCUT2D eigenvalue weighted by molar-refractivity contribution is -0.383. The van der Waals surface area contributed by atoms with E-state index in [1.165, 1.54) is 19.1 Å². The van der Waals surface area contributed by atoms with E-state index in [2.05, 4.69) is 21.2 Å². The Kier molecular flexibility index (Phi) is 3.19. The molecule has 0 unspecified atom stereocenters. The van der Waals surface area contributed by atoms with Crippen LogP contribution in [0.4, 0.5) is 11.4 Å². The second-order valence-corrected chi connectivity index (χ2v) is 3.52. The zero-order chi connectivity index (χ0) is 10.7. The third-order valence-electron chi connectivity index (χ3n) is 1.47. The summed E-state index contributed by atoms with van der Waals surface area (Å²) in [5.41, 5.74) is 0.0697. The topological polar surface area (TPSA) is 72.2 Å². The predicted molar refractivity (Wildman–Crippen MR) is 55.1 cm³/mol. The summed E-state index contributed by atoms with van der Waals surface area (Å²) in [4.78, 5) is 20.8. The van der Waals surface area contributed by atoms with Crippen LogP contribution in [0.2, 0.25) is 0 Å². The molecule has 1 aromatic carbocycles. The molecular formula is C8H7BrN2O3. The van der Waals surface area contributed by atoms with E-state index in [0.29, 0.717) is 4.47 Å². The maximum atomic E-state index is 10.8. The molecular weight excluding hydrogens is 252 g/mol. The van der Waals surface area contributed by atoms with Crippen LogP contribution in [0.5, 0.6) is 0 Å². The van der Waals surface area contributed by atoms with Gasteiger partial charge in [0.1, 0.15) is 5.69 Å². The predicted octanol–water partition coefficient (Wildman–Crippen LogP) is 2.32. The lowest BCUT2D eigenvalue weighted by Crippen LogP contribution is -2.07. The summed E-state index contributed by atoms with van der Waals surface area (Å²) in [6, 6.07) is 4.36. The molecule has 0 aliphatic rings. The first-order chi connectivity index (χ1) is 6.50. The van der Waals surface area contributed by atoms with Crippen molar-refractivity contribution in [3.63, 3.8) is 0 Å². The molecule has 0 aromatic heterocycles. The molecule has 1 rings (SSSR count). The third kappa shape index (κ3) is 2.53. The summed E-state index contributed by atoms with van der Waals surface area (Å²) < 4.78 is 0.673. The van der Waals surface area contributed by atoms with Crippen molar-refractivity contribution in [2.24, 2.45) is 0 Å². The summed E-state index contributed by atoms with van der Waals surface area (Å²) in [5.74, 6) is -0.341. The molecule has 0 atom stereocenters. The molecule has 0 saturated carbocycles. The Morgan fingerprint density at radius 2 is 2.21 bits per heavy atom. The minimum Gasteiger partial charge on any atom is -0.321 e. The van der Waals surface area contributed by atoms with Crippen LogP contribution in [-0.4, -0.2) is 10.8 Å². The number of benzene rings is 1. The van der Waals surface area contributed by atoms with Gasteiger partial charge in [-0.15, -0.1) is 0 Å². The Hall–Kier alpha value is -1.43. The van der Waals surface area contributed by atoms with Gasteiger partial charge >= 0.3 is 0 Å². The summed E-state index contributed by atoms with van der Waals surface area (Å²) in [5, 5.41) is 12.9. The number of anilines is 1. The minimum absolute atomic E-state index is 0.122. The number of carbonyl (C=O) groups is 1. The number of nitrogens with one attached hydrogen (secondary N) is 1. The smallest absolute Gasteiger partial charge is 0.292 e. The number of nitro groups is 1. The Morgan fingerprint density at radius 3 is 2.71 bits per heavy atom. The van der Waals surface area contributed by atoms with Crippen molar-refractivity contribution in [3.8, 4) is 0 Å². The largest absolute Gasteiger partial charge is 0.321 e. The first-order valence-electron chi connectivity index (χ1n) is 3.72. The van der Waals surface area contributed by atoms with Gasteiger partial charge in [-0.05, 0) is 12.1 Å². The zero-order valence-corrected chi connectivity index (χ0v) is 8.87. The highest BCUT2D eigenvalue weighted by Crippen LogP contribution is 2.27. The third-order valence-corrected chi connectivity index (χ3v) is 1.96. The lowest BCUT2D eigenvalue weighted by Gasteiger charge is -2.03. The molecule has 1 N–H and O–H groups in total. The first kappa shape index (κ1) is 10.6. The molecule has 0 fully saturated rings. The average Bonchev–Trinajstić information content (AvgIpc) is 2.01. The second kappa shape index (κ2) is 4.19. The van der Waals surface area contributed by atoms with Gasteiger partial charge in [0, 0.05) is 17.5 Å². The van der Waals surface area contributed by atoms with Crippen LogP contribution >= 0.6 is 15.9 Å². The fourth-order valence-corrected chi connectivity index (χ4v) is 1.32. The average molecular weight is 259 g/mol. The maximum Gasteiger partial charge on any atom is 0.292 e. The maximum absolute atomic E-state index is 10.8. The summed E-state index contributed by atoms with van der Waals surface area (Å²) in [7, 11) is 0. The lowest BCUT2D eigenvalue weighted by atomic mass is 10.2. The highest BCUT2D eigenvalue weighted by Gasteiger charge is 2.14. The van der Waals surface area contributed by atoms with Gasteiger partial charge in [-0.3, -0.25) is 14.9 Å². The van der Waals surface area contributed by atoms with E-state index in [9.17, 15) is 14.9 Å². The molecule has 5 nitrogen and oxygen atoms in total. The number of nitrogens with zero attached hydrogens (tertiary/aromatic N) is 1. The van der Waals surface area contributed by atoms with Crippen LogP contribution < -0.4 is 5.32 Å². The Labute approximate surface area is 88.4 Å². The van der Waals surface area contributed by atoms with E-state index < -0.39 is 4.92 Å². The number of halogens is 1. The van der Waals surface area contributed by atoms with E-state index >= 15 is 0 Å². The number of nitro benzene ring substituents is 1. The van der Waals surface area contributed by atoms with Crippen LogP contribution in [-0.2, 0) is 4.79 Å². The van der Waals surface area contributed by atoms with Crippen molar-refractivity contribution in [2.75, 3.05) is 5.32 Å². The molecule has 0 bridgehead atoms. The Bertz CT molecular complexity index is 392. The summed E-state index contributed by atoms with van der Waals surface area (Å²) in [6.07, 6.45) is 0. The molecule has 1 aromatic rings. The van der Waals surface area contributed by atoms with Crippen LogP contribution in [0.3, 0.4) is 0 Å². The van der Waals surface area contributed by atoms with Crippen molar-refractivity contribution in [3.05, 3.63) is 32.8 Å². The molecule has 0 heterocycles. The van der Waals surface area contributed by atoms with Gasteiger partial charge in [0.05, 0.1) is 4.92 Å². The molecule has 6 heteroatoms. The second-order valence-electron chi connectivity index (χ2n) is 2.60. The molecule has 0 aliphatic heterocycles. The standard InChI is InChI=1S/C8H7BrN2O3/c1-5(12)10-7-4-6(9)2-3-8(7)11(13)14/h2-4H,1H3,(H,10,12). The van der Waals surface area contributed by atoms with Gasteiger partial charge in [-0.2, -0.15) is 0 Å². The molecule has 0 radical (unpaired) electrons. The number of hydrogen-bond acceptors (Lipinski definition) is 3. The fourth-order valence-electron chi connectivity index (χ4n) is 0.957. The first-order valence-corrected chi connectivity index (χ1v) is 4.51. The molecule has 14 heavy (non-hydrogen) atoms. The van der Waals surface area contributed by atoms with E-state index in [0.717, 1.165) is 0 Å². The van der Waals surface area contributed by atoms with Crippen molar-refractivity contribution in [2.45, 2.75) is 6.92 Å². The van der Waals surface area contributed by atoms with Gasteiger partial charge in [0.15, 0.2) is 0 Å². The number of amides is 1. The molecule has 74 valence electrons. The molecule has 0 saturated heterocycles. The van der Waals surface area contributed by atoms with Crippen LogP contribution in [0, 0.1) is 10.1 Å². The highest BCUT2D eigenvalue weighted by molar-refractivity contribution is 9.10. The van der Waals surface area contributed by atoms with Crippen molar-refractivity contribution < 1.29 is 9.72 Å². The minimum atomic E-state index is -0.544. The van der Waals surface area contributed by atoms with Crippen LogP contribution in [0.15, 0.2) is 22.7 Å². The molecule has 1 amide bonds. The summed E-state index contributed by atoms with van der Waals surface area (Å²) in [6.45, 7) is 1.30. The van der Waals surface area contributed by atoms with Gasteiger partial charge in [-0.1, -0.05) is 15.9 Å². The van der Waals surface area contributed by atoms with E-state index in [1.54, 1.807) is 6.07 Å². The molecule has 0 spiro atoms. The van der Waals surface area contributed by atoms with Gasteiger partial charge in [0.25, 0.3) is 5.69 Å². The van der Waals surface area contributed by atoms with Crippen molar-refractivity contribution in [1.29, 1.82) is 0 Å². The highest BCUT2D eigenvalue weighted by atomic mass is 79.9. The van der Waals surface area contributed by atoms with Crippen molar-refractivity contribution >= 4 is 33.2 Å². The number of hydrogen-bond donors (Lipinski definition) is 1. The van der Waals surface area contributed by atoms with E-state index in [4.69, 9.17) is 0 Å². The van der Waals surface area contributed by atoms with Crippen LogP contribution in [0.25, 0.3) is 0 Å². The summed E-state index contributed by atoms with van der Waals surface area (Å²) >= 11 is 3.16. The SMILES string of the molecule is CC(=O)Nc1cc(Br)ccc1[N+](=O)[O-]. The monoisotopic (exact) mass is 258 g/mol.